The van der Waals surface area contributed by atoms with Crippen LogP contribution >= 0.6 is 0 Å². The average molecular weight is 335 g/mol. The first-order valence-electron chi connectivity index (χ1n) is 7.35. The van der Waals surface area contributed by atoms with Gasteiger partial charge in [-0.05, 0) is 32.9 Å². The van der Waals surface area contributed by atoms with Crippen molar-refractivity contribution in [1.29, 1.82) is 0 Å². The van der Waals surface area contributed by atoms with Crippen LogP contribution in [0.1, 0.15) is 28.7 Å². The Morgan fingerprint density at radius 3 is 2.54 bits per heavy atom. The van der Waals surface area contributed by atoms with Crippen LogP contribution in [0.3, 0.4) is 0 Å². The maximum absolute atomic E-state index is 13.5. The molecule has 0 saturated heterocycles. The van der Waals surface area contributed by atoms with E-state index in [2.05, 4.69) is 20.4 Å². The fraction of sp³-hybridized carbons (Fsp3) is 0.312. The zero-order valence-corrected chi connectivity index (χ0v) is 13.4. The number of rotatable bonds is 3. The fourth-order valence-corrected chi connectivity index (χ4v) is 2.47. The molecule has 1 unspecified atom stereocenters. The summed E-state index contributed by atoms with van der Waals surface area (Å²) in [7, 11) is 0. The molecule has 8 heteroatoms. The second-order valence-corrected chi connectivity index (χ2v) is 5.60. The zero-order chi connectivity index (χ0) is 17.5. The highest BCUT2D eigenvalue weighted by Crippen LogP contribution is 2.35. The number of aromatic nitrogens is 4. The lowest BCUT2D eigenvalue weighted by molar-refractivity contribution is -0.144. The van der Waals surface area contributed by atoms with Gasteiger partial charge in [-0.25, -0.2) is 4.98 Å². The molecule has 3 aromatic rings. The van der Waals surface area contributed by atoms with Crippen molar-refractivity contribution in [2.24, 2.45) is 0 Å². The standard InChI is InChI=1S/C16H16F3N5/c1-9-8-13(24-15(21-9)10(2)11(3)23-24)22-14(16(17,18)19)12-6-4-5-7-20-12/h4-8,14,22H,1-3H3. The Labute approximate surface area is 136 Å². The van der Waals surface area contributed by atoms with E-state index in [0.717, 1.165) is 11.3 Å². The van der Waals surface area contributed by atoms with Crippen LogP contribution in [0.4, 0.5) is 19.0 Å². The largest absolute Gasteiger partial charge is 0.414 e. The lowest BCUT2D eigenvalue weighted by Crippen LogP contribution is -2.29. The van der Waals surface area contributed by atoms with Gasteiger partial charge < -0.3 is 5.32 Å². The van der Waals surface area contributed by atoms with Crippen LogP contribution in [0.25, 0.3) is 5.65 Å². The number of hydrogen-bond donors (Lipinski definition) is 1. The quantitative estimate of drug-likeness (QED) is 0.792. The number of anilines is 1. The maximum Gasteiger partial charge on any atom is 0.414 e. The molecule has 0 aliphatic heterocycles. The number of pyridine rings is 1. The first kappa shape index (κ1) is 16.2. The molecule has 0 radical (unpaired) electrons. The van der Waals surface area contributed by atoms with Gasteiger partial charge in [-0.2, -0.15) is 22.8 Å². The summed E-state index contributed by atoms with van der Waals surface area (Å²) in [5, 5.41) is 6.82. The van der Waals surface area contributed by atoms with Crippen molar-refractivity contribution in [3.8, 4) is 0 Å². The SMILES string of the molecule is Cc1cc(NC(c2ccccn2)C(F)(F)F)n2nc(C)c(C)c2n1. The fourth-order valence-electron chi connectivity index (χ4n) is 2.47. The third-order valence-corrected chi connectivity index (χ3v) is 3.79. The molecule has 1 N–H and O–H groups in total. The van der Waals surface area contributed by atoms with Crippen LogP contribution in [-0.4, -0.2) is 25.8 Å². The number of fused-ring (bicyclic) bond motifs is 1. The summed E-state index contributed by atoms with van der Waals surface area (Å²) < 4.78 is 42.0. The molecule has 0 saturated carbocycles. The Balaban J connectivity index is 2.11. The van der Waals surface area contributed by atoms with E-state index in [1.54, 1.807) is 26.0 Å². The van der Waals surface area contributed by atoms with Gasteiger partial charge in [0.15, 0.2) is 11.7 Å². The first-order valence-corrected chi connectivity index (χ1v) is 7.35. The topological polar surface area (TPSA) is 55.1 Å². The smallest absolute Gasteiger partial charge is 0.354 e. The van der Waals surface area contributed by atoms with Gasteiger partial charge in [0.1, 0.15) is 5.82 Å². The van der Waals surface area contributed by atoms with Crippen molar-refractivity contribution in [2.75, 3.05) is 5.32 Å². The molecule has 0 aromatic carbocycles. The number of alkyl halides is 3. The van der Waals surface area contributed by atoms with Crippen molar-refractivity contribution in [1.82, 2.24) is 19.6 Å². The van der Waals surface area contributed by atoms with Gasteiger partial charge in [0.2, 0.25) is 0 Å². The summed E-state index contributed by atoms with van der Waals surface area (Å²) in [6, 6.07) is 4.05. The molecule has 0 aliphatic rings. The van der Waals surface area contributed by atoms with Crippen LogP contribution in [-0.2, 0) is 0 Å². The van der Waals surface area contributed by atoms with E-state index in [1.807, 2.05) is 6.92 Å². The third kappa shape index (κ3) is 2.91. The van der Waals surface area contributed by atoms with Crippen LogP contribution in [0.15, 0.2) is 30.5 Å². The lowest BCUT2D eigenvalue weighted by Gasteiger charge is -2.22. The number of aryl methyl sites for hydroxylation is 3. The summed E-state index contributed by atoms with van der Waals surface area (Å²) in [5.41, 5.74) is 2.60. The van der Waals surface area contributed by atoms with Crippen LogP contribution in [0.2, 0.25) is 0 Å². The van der Waals surface area contributed by atoms with Gasteiger partial charge in [0.25, 0.3) is 0 Å². The molecular formula is C16H16F3N5. The summed E-state index contributed by atoms with van der Waals surface area (Å²) >= 11 is 0. The summed E-state index contributed by atoms with van der Waals surface area (Å²) in [5.74, 6) is 0.224. The molecule has 0 aliphatic carbocycles. The van der Waals surface area contributed by atoms with Crippen molar-refractivity contribution in [2.45, 2.75) is 33.0 Å². The number of halogens is 3. The predicted molar refractivity (Wildman–Crippen MR) is 83.9 cm³/mol. The third-order valence-electron chi connectivity index (χ3n) is 3.79. The van der Waals surface area contributed by atoms with Crippen molar-refractivity contribution < 1.29 is 13.2 Å². The normalized spacial score (nSPS) is 13.2. The minimum Gasteiger partial charge on any atom is -0.354 e. The van der Waals surface area contributed by atoms with E-state index >= 15 is 0 Å². The maximum atomic E-state index is 13.5. The van der Waals surface area contributed by atoms with Crippen LogP contribution in [0.5, 0.6) is 0 Å². The zero-order valence-electron chi connectivity index (χ0n) is 13.4. The minimum atomic E-state index is -4.50. The van der Waals surface area contributed by atoms with Gasteiger partial charge in [-0.3, -0.25) is 4.98 Å². The van der Waals surface area contributed by atoms with Gasteiger partial charge in [0.05, 0.1) is 11.4 Å². The van der Waals surface area contributed by atoms with E-state index in [1.165, 1.54) is 22.8 Å². The Morgan fingerprint density at radius 1 is 1.17 bits per heavy atom. The Hall–Kier alpha value is -2.64. The second-order valence-electron chi connectivity index (χ2n) is 5.60. The molecule has 3 aromatic heterocycles. The van der Waals surface area contributed by atoms with Gasteiger partial charge in [-0.15, -0.1) is 0 Å². The first-order chi connectivity index (χ1) is 11.3. The van der Waals surface area contributed by atoms with E-state index in [9.17, 15) is 13.2 Å². The highest BCUT2D eigenvalue weighted by molar-refractivity contribution is 5.56. The average Bonchev–Trinajstić information content (AvgIpc) is 2.80. The molecule has 0 amide bonds. The van der Waals surface area contributed by atoms with Crippen molar-refractivity contribution in [3.05, 3.63) is 53.1 Å². The van der Waals surface area contributed by atoms with Crippen molar-refractivity contribution in [3.63, 3.8) is 0 Å². The Kier molecular flexibility index (Phi) is 3.90. The monoisotopic (exact) mass is 335 g/mol. The summed E-state index contributed by atoms with van der Waals surface area (Å²) in [6.45, 7) is 5.37. The van der Waals surface area contributed by atoms with Crippen LogP contribution in [0, 0.1) is 20.8 Å². The molecule has 5 nitrogen and oxygen atoms in total. The molecule has 3 rings (SSSR count). The molecule has 0 spiro atoms. The van der Waals surface area contributed by atoms with Gasteiger partial charge in [0, 0.05) is 23.5 Å². The molecule has 1 atom stereocenters. The predicted octanol–water partition coefficient (Wildman–Crippen LogP) is 3.77. The molecular weight excluding hydrogens is 319 g/mol. The van der Waals surface area contributed by atoms with Crippen LogP contribution < -0.4 is 5.32 Å². The van der Waals surface area contributed by atoms with E-state index in [0.29, 0.717) is 11.3 Å². The summed E-state index contributed by atoms with van der Waals surface area (Å²) in [4.78, 5) is 8.20. The van der Waals surface area contributed by atoms with Gasteiger partial charge in [-0.1, -0.05) is 6.07 Å². The molecule has 0 fully saturated rings. The van der Waals surface area contributed by atoms with Gasteiger partial charge >= 0.3 is 6.18 Å². The highest BCUT2D eigenvalue weighted by atomic mass is 19.4. The van der Waals surface area contributed by atoms with Crippen molar-refractivity contribution >= 4 is 11.5 Å². The minimum absolute atomic E-state index is 0.104. The van der Waals surface area contributed by atoms with E-state index in [4.69, 9.17) is 0 Å². The number of nitrogens with zero attached hydrogens (tertiary/aromatic N) is 4. The van der Waals surface area contributed by atoms with E-state index < -0.39 is 12.2 Å². The summed E-state index contributed by atoms with van der Waals surface area (Å²) in [6.07, 6.45) is -3.17. The highest BCUT2D eigenvalue weighted by Gasteiger charge is 2.42. The van der Waals surface area contributed by atoms with E-state index in [-0.39, 0.29) is 11.5 Å². The number of hydrogen-bond acceptors (Lipinski definition) is 4. The lowest BCUT2D eigenvalue weighted by atomic mass is 10.1. The molecule has 24 heavy (non-hydrogen) atoms. The second kappa shape index (κ2) is 5.77. The molecule has 126 valence electrons. The Morgan fingerprint density at radius 2 is 1.92 bits per heavy atom. The Bertz CT molecular complexity index is 871. The molecule has 3 heterocycles. The molecule has 0 bridgehead atoms. The number of nitrogens with one attached hydrogen (secondary N) is 1.